The lowest BCUT2D eigenvalue weighted by atomic mass is 10.1. The first kappa shape index (κ1) is 15.2. The smallest absolute Gasteiger partial charge is 0.326 e. The van der Waals surface area contributed by atoms with Crippen LogP contribution in [-0.2, 0) is 11.2 Å². The number of amides is 1. The van der Waals surface area contributed by atoms with Crippen molar-refractivity contribution in [3.63, 3.8) is 0 Å². The molecule has 4 nitrogen and oxygen atoms in total. The summed E-state index contributed by atoms with van der Waals surface area (Å²) in [4.78, 5) is 23.8. The van der Waals surface area contributed by atoms with Crippen molar-refractivity contribution in [3.8, 4) is 0 Å². The van der Waals surface area contributed by atoms with Crippen molar-refractivity contribution in [1.29, 1.82) is 0 Å². The molecule has 0 saturated heterocycles. The molecule has 0 aliphatic carbocycles. The van der Waals surface area contributed by atoms with Gasteiger partial charge in [-0.05, 0) is 41.6 Å². The van der Waals surface area contributed by atoms with Crippen LogP contribution in [0, 0.1) is 12.7 Å². The third kappa shape index (κ3) is 3.88. The van der Waals surface area contributed by atoms with Gasteiger partial charge in [0.1, 0.15) is 11.9 Å². The van der Waals surface area contributed by atoms with E-state index < -0.39 is 17.9 Å². The van der Waals surface area contributed by atoms with Crippen LogP contribution >= 0.6 is 11.3 Å². The molecule has 0 radical (unpaired) electrons. The normalized spacial score (nSPS) is 11.9. The zero-order valence-electron chi connectivity index (χ0n) is 11.3. The molecule has 2 rings (SSSR count). The maximum absolute atomic E-state index is 12.8. The van der Waals surface area contributed by atoms with E-state index in [0.717, 1.165) is 5.56 Å². The number of halogens is 1. The van der Waals surface area contributed by atoms with Crippen LogP contribution in [0.5, 0.6) is 0 Å². The van der Waals surface area contributed by atoms with Crippen LogP contribution < -0.4 is 5.32 Å². The molecule has 0 unspecified atom stereocenters. The molecule has 1 aromatic heterocycles. The molecular weight excluding hydrogens is 293 g/mol. The number of rotatable bonds is 5. The van der Waals surface area contributed by atoms with Crippen molar-refractivity contribution in [2.24, 2.45) is 0 Å². The minimum atomic E-state index is -1.12. The average Bonchev–Trinajstić information content (AvgIpc) is 2.86. The Kier molecular flexibility index (Phi) is 4.70. The SMILES string of the molecule is Cc1ccsc1C(=O)N[C@H](Cc1ccc(F)cc1)C(=O)O. The van der Waals surface area contributed by atoms with E-state index in [-0.39, 0.29) is 12.2 Å². The van der Waals surface area contributed by atoms with E-state index >= 15 is 0 Å². The highest BCUT2D eigenvalue weighted by molar-refractivity contribution is 7.12. The van der Waals surface area contributed by atoms with Gasteiger partial charge in [0.2, 0.25) is 0 Å². The van der Waals surface area contributed by atoms with Crippen molar-refractivity contribution in [2.45, 2.75) is 19.4 Å². The largest absolute Gasteiger partial charge is 0.480 e. The van der Waals surface area contributed by atoms with E-state index in [1.54, 1.807) is 18.4 Å². The standard InChI is InChI=1S/C15H14FNO3S/c1-9-6-7-21-13(9)14(18)17-12(15(19)20)8-10-2-4-11(16)5-3-10/h2-7,12H,8H2,1H3,(H,17,18)(H,19,20)/t12-/m1/s1. The van der Waals surface area contributed by atoms with Crippen LogP contribution in [-0.4, -0.2) is 23.0 Å². The van der Waals surface area contributed by atoms with Gasteiger partial charge in [-0.25, -0.2) is 9.18 Å². The Bertz CT molecular complexity index is 651. The number of nitrogens with one attached hydrogen (secondary N) is 1. The van der Waals surface area contributed by atoms with Gasteiger partial charge >= 0.3 is 5.97 Å². The van der Waals surface area contributed by atoms with Crippen molar-refractivity contribution >= 4 is 23.2 Å². The topological polar surface area (TPSA) is 66.4 Å². The number of carboxylic acid groups (broad SMARTS) is 1. The summed E-state index contributed by atoms with van der Waals surface area (Å²) in [5.74, 6) is -1.91. The first-order chi connectivity index (χ1) is 9.97. The molecule has 0 spiro atoms. The maximum atomic E-state index is 12.8. The number of thiophene rings is 1. The molecule has 0 aliphatic rings. The lowest BCUT2D eigenvalue weighted by Gasteiger charge is -2.14. The third-order valence-electron chi connectivity index (χ3n) is 3.02. The predicted molar refractivity (Wildman–Crippen MR) is 78.1 cm³/mol. The number of carbonyl (C=O) groups excluding carboxylic acids is 1. The van der Waals surface area contributed by atoms with Gasteiger partial charge in [-0.1, -0.05) is 12.1 Å². The molecule has 0 bridgehead atoms. The summed E-state index contributed by atoms with van der Waals surface area (Å²) in [6.45, 7) is 1.79. The molecule has 6 heteroatoms. The molecule has 110 valence electrons. The maximum Gasteiger partial charge on any atom is 0.326 e. The summed E-state index contributed by atoms with van der Waals surface area (Å²) in [7, 11) is 0. The molecular formula is C15H14FNO3S. The minimum Gasteiger partial charge on any atom is -0.480 e. The first-order valence-corrected chi connectivity index (χ1v) is 7.17. The number of hydrogen-bond donors (Lipinski definition) is 2. The fourth-order valence-corrected chi connectivity index (χ4v) is 2.71. The molecule has 0 aliphatic heterocycles. The van der Waals surface area contributed by atoms with Gasteiger partial charge in [-0.3, -0.25) is 4.79 Å². The Morgan fingerprint density at radius 3 is 2.48 bits per heavy atom. The summed E-state index contributed by atoms with van der Waals surface area (Å²) < 4.78 is 12.8. The second kappa shape index (κ2) is 6.49. The van der Waals surface area contributed by atoms with E-state index in [4.69, 9.17) is 0 Å². The number of aliphatic carboxylic acids is 1. The number of benzene rings is 1. The Morgan fingerprint density at radius 1 is 1.29 bits per heavy atom. The highest BCUT2D eigenvalue weighted by atomic mass is 32.1. The van der Waals surface area contributed by atoms with Gasteiger partial charge in [0.25, 0.3) is 5.91 Å². The molecule has 0 saturated carbocycles. The molecule has 1 heterocycles. The van der Waals surface area contributed by atoms with Gasteiger partial charge in [0, 0.05) is 6.42 Å². The van der Waals surface area contributed by atoms with Crippen LogP contribution in [0.25, 0.3) is 0 Å². The number of carbonyl (C=O) groups is 2. The fourth-order valence-electron chi connectivity index (χ4n) is 1.89. The molecule has 1 aromatic carbocycles. The summed E-state index contributed by atoms with van der Waals surface area (Å²) >= 11 is 1.27. The minimum absolute atomic E-state index is 0.103. The van der Waals surface area contributed by atoms with Crippen molar-refractivity contribution in [1.82, 2.24) is 5.32 Å². The first-order valence-electron chi connectivity index (χ1n) is 6.29. The number of aryl methyl sites for hydroxylation is 1. The monoisotopic (exact) mass is 307 g/mol. The Hall–Kier alpha value is -2.21. The predicted octanol–water partition coefficient (Wildman–Crippen LogP) is 2.62. The van der Waals surface area contributed by atoms with Crippen LogP contribution in [0.15, 0.2) is 35.7 Å². The Morgan fingerprint density at radius 2 is 1.95 bits per heavy atom. The Balaban J connectivity index is 2.09. The molecule has 1 amide bonds. The second-order valence-corrected chi connectivity index (χ2v) is 5.54. The van der Waals surface area contributed by atoms with Crippen LogP contribution in [0.3, 0.4) is 0 Å². The quantitative estimate of drug-likeness (QED) is 0.892. The zero-order valence-corrected chi connectivity index (χ0v) is 12.1. The molecule has 1 atom stereocenters. The third-order valence-corrected chi connectivity index (χ3v) is 4.04. The van der Waals surface area contributed by atoms with Crippen molar-refractivity contribution in [3.05, 3.63) is 57.5 Å². The molecule has 2 aromatic rings. The van der Waals surface area contributed by atoms with Gasteiger partial charge in [-0.2, -0.15) is 0 Å². The van der Waals surface area contributed by atoms with Crippen LogP contribution in [0.2, 0.25) is 0 Å². The van der Waals surface area contributed by atoms with Gasteiger partial charge < -0.3 is 10.4 Å². The van der Waals surface area contributed by atoms with Crippen LogP contribution in [0.1, 0.15) is 20.8 Å². The van der Waals surface area contributed by atoms with Gasteiger partial charge in [-0.15, -0.1) is 11.3 Å². The lowest BCUT2D eigenvalue weighted by molar-refractivity contribution is -0.139. The van der Waals surface area contributed by atoms with Gasteiger partial charge in [0.15, 0.2) is 0 Å². The summed E-state index contributed by atoms with van der Waals surface area (Å²) in [5.41, 5.74) is 1.45. The molecule has 2 N–H and O–H groups in total. The van der Waals surface area contributed by atoms with E-state index in [0.29, 0.717) is 10.4 Å². The summed E-state index contributed by atoms with van der Waals surface area (Å²) in [6, 6.07) is 6.29. The van der Waals surface area contributed by atoms with E-state index in [1.165, 1.54) is 35.6 Å². The summed E-state index contributed by atoms with van der Waals surface area (Å²) in [6.07, 6.45) is 0.103. The van der Waals surface area contributed by atoms with Crippen LogP contribution in [0.4, 0.5) is 4.39 Å². The summed E-state index contributed by atoms with van der Waals surface area (Å²) in [5, 5.41) is 13.5. The van der Waals surface area contributed by atoms with E-state index in [1.807, 2.05) is 0 Å². The number of carboxylic acids is 1. The van der Waals surface area contributed by atoms with Crippen molar-refractivity contribution in [2.75, 3.05) is 0 Å². The highest BCUT2D eigenvalue weighted by Gasteiger charge is 2.22. The second-order valence-electron chi connectivity index (χ2n) is 4.63. The van der Waals surface area contributed by atoms with Gasteiger partial charge in [0.05, 0.1) is 4.88 Å². The molecule has 21 heavy (non-hydrogen) atoms. The van der Waals surface area contributed by atoms with E-state index in [2.05, 4.69) is 5.32 Å². The van der Waals surface area contributed by atoms with Crippen molar-refractivity contribution < 1.29 is 19.1 Å². The fraction of sp³-hybridized carbons (Fsp3) is 0.200. The van der Waals surface area contributed by atoms with E-state index in [9.17, 15) is 19.1 Å². The zero-order chi connectivity index (χ0) is 15.4. The molecule has 0 fully saturated rings. The lowest BCUT2D eigenvalue weighted by Crippen LogP contribution is -2.42. The highest BCUT2D eigenvalue weighted by Crippen LogP contribution is 2.16. The average molecular weight is 307 g/mol. The Labute approximate surface area is 125 Å². The number of hydrogen-bond acceptors (Lipinski definition) is 3.